The Kier molecular flexibility index (Phi) is 4.13. The van der Waals surface area contributed by atoms with Gasteiger partial charge in [-0.05, 0) is 41.2 Å². The average molecular weight is 361 g/mol. The molecule has 4 aromatic carbocycles. The number of hydrogen-bond acceptors (Lipinski definition) is 0. The lowest BCUT2D eigenvalue weighted by molar-refractivity contribution is 0.577. The van der Waals surface area contributed by atoms with Crippen LogP contribution in [0, 0.1) is 6.92 Å². The number of aryl methyl sites for hydroxylation is 1. The van der Waals surface area contributed by atoms with Gasteiger partial charge in [-0.2, -0.15) is 0 Å². The minimum atomic E-state index is -0.116. The summed E-state index contributed by atoms with van der Waals surface area (Å²) in [5, 5.41) is 0. The Morgan fingerprint density at radius 2 is 1.14 bits per heavy atom. The Morgan fingerprint density at radius 3 is 1.75 bits per heavy atom. The highest BCUT2D eigenvalue weighted by molar-refractivity contribution is 5.60. The van der Waals surface area contributed by atoms with Gasteiger partial charge in [0.1, 0.15) is 0 Å². The number of hydrogen-bond donors (Lipinski definition) is 0. The van der Waals surface area contributed by atoms with Crippen molar-refractivity contribution in [2.75, 3.05) is 0 Å². The maximum Gasteiger partial charge on any atom is 0.0463 e. The fraction of sp³-hybridized carbons (Fsp3) is 0.143. The first-order valence-corrected chi connectivity index (χ1v) is 10.1. The topological polar surface area (TPSA) is 0 Å². The molecule has 0 aliphatic heterocycles. The summed E-state index contributed by atoms with van der Waals surface area (Å²) in [4.78, 5) is 0. The molecule has 136 valence electrons. The van der Waals surface area contributed by atoms with Crippen LogP contribution in [0.1, 0.15) is 45.7 Å². The van der Waals surface area contributed by atoms with E-state index in [-0.39, 0.29) is 5.41 Å². The van der Waals surface area contributed by atoms with Gasteiger partial charge in [0.25, 0.3) is 0 Å². The zero-order valence-electron chi connectivity index (χ0n) is 16.2. The van der Waals surface area contributed by atoms with E-state index in [1.165, 1.54) is 33.4 Å². The van der Waals surface area contributed by atoms with Gasteiger partial charge in [0.2, 0.25) is 0 Å². The zero-order valence-corrected chi connectivity index (χ0v) is 16.2. The molecule has 0 bridgehead atoms. The number of benzene rings is 4. The maximum atomic E-state index is 2.34. The van der Waals surface area contributed by atoms with Crippen LogP contribution in [0.15, 0.2) is 109 Å². The van der Waals surface area contributed by atoms with E-state index >= 15 is 0 Å². The van der Waals surface area contributed by atoms with E-state index < -0.39 is 0 Å². The summed E-state index contributed by atoms with van der Waals surface area (Å²) in [5.41, 5.74) is 8.26. The third-order valence-corrected chi connectivity index (χ3v) is 6.32. The molecule has 0 fully saturated rings. The molecule has 1 aliphatic rings. The standard InChI is InChI=1S/C28H24/c1-21-16-18-22(19-17-21)26-20-28(23-10-4-2-5-11-23,24-12-6-3-7-13-24)27-15-9-8-14-25(26)27/h2-19,26H,20H2,1H3. The van der Waals surface area contributed by atoms with Crippen LogP contribution in [-0.2, 0) is 5.41 Å². The lowest BCUT2D eigenvalue weighted by atomic mass is 9.69. The molecule has 0 heteroatoms. The molecule has 0 nitrogen and oxygen atoms in total. The molecule has 5 rings (SSSR count). The van der Waals surface area contributed by atoms with Crippen molar-refractivity contribution in [2.24, 2.45) is 0 Å². The van der Waals surface area contributed by atoms with Gasteiger partial charge < -0.3 is 0 Å². The van der Waals surface area contributed by atoms with Crippen molar-refractivity contribution in [3.63, 3.8) is 0 Å². The Hall–Kier alpha value is -3.12. The van der Waals surface area contributed by atoms with E-state index in [4.69, 9.17) is 0 Å². The summed E-state index contributed by atoms with van der Waals surface area (Å²) >= 11 is 0. The van der Waals surface area contributed by atoms with Crippen molar-refractivity contribution in [1.82, 2.24) is 0 Å². The Morgan fingerprint density at radius 1 is 0.607 bits per heavy atom. The Bertz CT molecular complexity index is 1040. The highest BCUT2D eigenvalue weighted by Gasteiger charge is 2.46. The number of rotatable bonds is 3. The second-order valence-corrected chi connectivity index (χ2v) is 7.89. The van der Waals surface area contributed by atoms with E-state index in [1.807, 2.05) is 0 Å². The van der Waals surface area contributed by atoms with E-state index in [0.717, 1.165) is 6.42 Å². The van der Waals surface area contributed by atoms with Gasteiger partial charge >= 0.3 is 0 Å². The normalized spacial score (nSPS) is 17.2. The molecular weight excluding hydrogens is 336 g/mol. The largest absolute Gasteiger partial charge is 0.0622 e. The Balaban J connectivity index is 1.77. The second kappa shape index (κ2) is 6.80. The summed E-state index contributed by atoms with van der Waals surface area (Å²) in [6.45, 7) is 2.16. The van der Waals surface area contributed by atoms with Crippen LogP contribution < -0.4 is 0 Å². The van der Waals surface area contributed by atoms with Gasteiger partial charge in [-0.15, -0.1) is 0 Å². The van der Waals surface area contributed by atoms with Crippen LogP contribution in [-0.4, -0.2) is 0 Å². The first kappa shape index (κ1) is 17.0. The monoisotopic (exact) mass is 360 g/mol. The van der Waals surface area contributed by atoms with E-state index in [1.54, 1.807) is 0 Å². The van der Waals surface area contributed by atoms with Gasteiger partial charge in [0, 0.05) is 11.3 Å². The van der Waals surface area contributed by atoms with Crippen LogP contribution in [0.5, 0.6) is 0 Å². The van der Waals surface area contributed by atoms with E-state index in [9.17, 15) is 0 Å². The molecule has 0 heterocycles. The molecule has 0 saturated carbocycles. The summed E-state index contributed by atoms with van der Waals surface area (Å²) in [7, 11) is 0. The van der Waals surface area contributed by atoms with Gasteiger partial charge in [0.15, 0.2) is 0 Å². The van der Waals surface area contributed by atoms with Crippen LogP contribution in [0.2, 0.25) is 0 Å². The molecule has 1 atom stereocenters. The highest BCUT2D eigenvalue weighted by atomic mass is 14.5. The lowest BCUT2D eigenvalue weighted by Gasteiger charge is -2.32. The fourth-order valence-corrected chi connectivity index (χ4v) is 4.97. The van der Waals surface area contributed by atoms with E-state index in [0.29, 0.717) is 5.92 Å². The van der Waals surface area contributed by atoms with Crippen LogP contribution in [0.25, 0.3) is 0 Å². The summed E-state index contributed by atoms with van der Waals surface area (Å²) in [6.07, 6.45) is 1.06. The summed E-state index contributed by atoms with van der Waals surface area (Å²) < 4.78 is 0. The minimum Gasteiger partial charge on any atom is -0.0622 e. The predicted octanol–water partition coefficient (Wildman–Crippen LogP) is 6.87. The molecule has 0 aromatic heterocycles. The fourth-order valence-electron chi connectivity index (χ4n) is 4.97. The molecule has 28 heavy (non-hydrogen) atoms. The summed E-state index contributed by atoms with van der Waals surface area (Å²) in [6, 6.07) is 40.2. The SMILES string of the molecule is Cc1ccc(C2CC(c3ccccc3)(c3ccccc3)c3ccccc32)cc1. The molecule has 1 unspecified atom stereocenters. The molecule has 0 radical (unpaired) electrons. The van der Waals surface area contributed by atoms with Crippen LogP contribution in [0.3, 0.4) is 0 Å². The van der Waals surface area contributed by atoms with Gasteiger partial charge in [-0.1, -0.05) is 115 Å². The van der Waals surface area contributed by atoms with Crippen LogP contribution in [0.4, 0.5) is 0 Å². The smallest absolute Gasteiger partial charge is 0.0463 e. The first-order chi connectivity index (χ1) is 13.8. The number of fused-ring (bicyclic) bond motifs is 1. The third-order valence-electron chi connectivity index (χ3n) is 6.32. The zero-order chi connectivity index (χ0) is 19.0. The van der Waals surface area contributed by atoms with Crippen molar-refractivity contribution >= 4 is 0 Å². The lowest BCUT2D eigenvalue weighted by Crippen LogP contribution is -2.26. The Labute approximate surface area is 167 Å². The molecule has 0 amide bonds. The highest BCUT2D eigenvalue weighted by Crippen LogP contribution is 2.55. The predicted molar refractivity (Wildman–Crippen MR) is 117 cm³/mol. The average Bonchev–Trinajstić information content (AvgIpc) is 3.12. The molecule has 4 aromatic rings. The minimum absolute atomic E-state index is 0.116. The molecule has 0 saturated heterocycles. The van der Waals surface area contributed by atoms with Crippen molar-refractivity contribution in [3.05, 3.63) is 143 Å². The molecule has 1 aliphatic carbocycles. The van der Waals surface area contributed by atoms with Gasteiger partial charge in [0.05, 0.1) is 0 Å². The summed E-state index contributed by atoms with van der Waals surface area (Å²) in [5.74, 6) is 0.400. The van der Waals surface area contributed by atoms with Crippen molar-refractivity contribution < 1.29 is 0 Å². The quantitative estimate of drug-likeness (QED) is 0.374. The van der Waals surface area contributed by atoms with Crippen molar-refractivity contribution in [1.29, 1.82) is 0 Å². The van der Waals surface area contributed by atoms with Crippen LogP contribution >= 0.6 is 0 Å². The third kappa shape index (κ3) is 2.60. The first-order valence-electron chi connectivity index (χ1n) is 10.1. The van der Waals surface area contributed by atoms with Gasteiger partial charge in [-0.25, -0.2) is 0 Å². The van der Waals surface area contributed by atoms with Gasteiger partial charge in [-0.3, -0.25) is 0 Å². The van der Waals surface area contributed by atoms with Crippen molar-refractivity contribution in [3.8, 4) is 0 Å². The molecular formula is C28H24. The molecule has 0 spiro atoms. The van der Waals surface area contributed by atoms with E-state index in [2.05, 4.69) is 116 Å². The molecule has 0 N–H and O–H groups in total. The van der Waals surface area contributed by atoms with Crippen molar-refractivity contribution in [2.45, 2.75) is 24.7 Å². The maximum absolute atomic E-state index is 2.34. The second-order valence-electron chi connectivity index (χ2n) is 7.89.